The van der Waals surface area contributed by atoms with Crippen molar-refractivity contribution in [2.75, 3.05) is 4.90 Å². The molecule has 0 atom stereocenters. The van der Waals surface area contributed by atoms with E-state index in [0.717, 1.165) is 11.4 Å². The van der Waals surface area contributed by atoms with E-state index in [0.29, 0.717) is 0 Å². The predicted octanol–water partition coefficient (Wildman–Crippen LogP) is 11.4. The van der Waals surface area contributed by atoms with Gasteiger partial charge in [0.2, 0.25) is 0 Å². The van der Waals surface area contributed by atoms with Crippen molar-refractivity contribution in [2.45, 2.75) is 19.3 Å². The maximum Gasteiger partial charge on any atom is 0.0618 e. The molecule has 0 saturated heterocycles. The van der Waals surface area contributed by atoms with E-state index < -0.39 is 0 Å². The van der Waals surface area contributed by atoms with Crippen molar-refractivity contribution in [3.8, 4) is 22.3 Å². The number of anilines is 3. The summed E-state index contributed by atoms with van der Waals surface area (Å²) in [5.41, 5.74) is 11.4. The summed E-state index contributed by atoms with van der Waals surface area (Å²) in [6, 6.07) is 55.3. The van der Waals surface area contributed by atoms with Gasteiger partial charge in [-0.2, -0.15) is 0 Å². The Morgan fingerprint density at radius 2 is 0.976 bits per heavy atom. The summed E-state index contributed by atoms with van der Waals surface area (Å²) in [6.07, 6.45) is 0. The fourth-order valence-electron chi connectivity index (χ4n) is 7.07. The molecule has 0 aromatic heterocycles. The summed E-state index contributed by atoms with van der Waals surface area (Å²) in [6.45, 7) is 4.74. The van der Waals surface area contributed by atoms with Crippen molar-refractivity contribution in [3.05, 3.63) is 163 Å². The predicted molar refractivity (Wildman–Crippen MR) is 179 cm³/mol. The van der Waals surface area contributed by atoms with Crippen molar-refractivity contribution in [3.63, 3.8) is 0 Å². The van der Waals surface area contributed by atoms with Gasteiger partial charge in [0.25, 0.3) is 0 Å². The number of hydrogen-bond donors (Lipinski definition) is 0. The van der Waals surface area contributed by atoms with E-state index in [1.807, 2.05) is 0 Å². The van der Waals surface area contributed by atoms with E-state index >= 15 is 0 Å². The molecule has 0 unspecified atom stereocenters. The molecule has 0 N–H and O–H groups in total. The monoisotopic (exact) mass is 537 g/mol. The van der Waals surface area contributed by atoms with E-state index in [4.69, 9.17) is 0 Å². The minimum atomic E-state index is -0.0970. The quantitative estimate of drug-likeness (QED) is 0.202. The van der Waals surface area contributed by atoms with Crippen LogP contribution in [0.4, 0.5) is 17.1 Å². The molecule has 0 amide bonds. The number of benzene rings is 7. The zero-order valence-electron chi connectivity index (χ0n) is 23.9. The summed E-state index contributed by atoms with van der Waals surface area (Å²) in [5.74, 6) is 0. The second kappa shape index (κ2) is 9.46. The normalized spacial score (nSPS) is 13.2. The fourth-order valence-corrected chi connectivity index (χ4v) is 7.07. The van der Waals surface area contributed by atoms with Crippen LogP contribution < -0.4 is 4.90 Å². The highest BCUT2D eigenvalue weighted by Crippen LogP contribution is 2.54. The number of rotatable bonds is 4. The first-order chi connectivity index (χ1) is 20.6. The van der Waals surface area contributed by atoms with Gasteiger partial charge in [0.05, 0.1) is 5.69 Å². The zero-order valence-corrected chi connectivity index (χ0v) is 23.9. The number of para-hydroxylation sites is 2. The average molecular weight is 538 g/mol. The molecule has 0 spiro atoms. The highest BCUT2D eigenvalue weighted by molar-refractivity contribution is 6.23. The Labute approximate surface area is 247 Å². The lowest BCUT2D eigenvalue weighted by Crippen LogP contribution is -2.15. The van der Waals surface area contributed by atoms with Crippen LogP contribution in [-0.2, 0) is 5.41 Å². The molecule has 0 saturated carbocycles. The van der Waals surface area contributed by atoms with Crippen molar-refractivity contribution in [2.24, 2.45) is 0 Å². The molecular formula is C41H31N. The zero-order chi connectivity index (χ0) is 28.3. The molecule has 0 fully saturated rings. The van der Waals surface area contributed by atoms with E-state index in [1.54, 1.807) is 0 Å². The van der Waals surface area contributed by atoms with Gasteiger partial charge in [0.15, 0.2) is 0 Å². The van der Waals surface area contributed by atoms with Crippen molar-refractivity contribution < 1.29 is 0 Å². The van der Waals surface area contributed by atoms with Crippen LogP contribution in [-0.4, -0.2) is 0 Å². The molecule has 0 bridgehead atoms. The third-order valence-corrected chi connectivity index (χ3v) is 9.01. The topological polar surface area (TPSA) is 3.24 Å². The van der Waals surface area contributed by atoms with Crippen LogP contribution in [0.25, 0.3) is 43.8 Å². The van der Waals surface area contributed by atoms with Gasteiger partial charge >= 0.3 is 0 Å². The van der Waals surface area contributed by atoms with Crippen LogP contribution >= 0.6 is 0 Å². The summed E-state index contributed by atoms with van der Waals surface area (Å²) >= 11 is 0. The van der Waals surface area contributed by atoms with Crippen molar-refractivity contribution >= 4 is 38.6 Å². The van der Waals surface area contributed by atoms with Crippen LogP contribution in [0.2, 0.25) is 0 Å². The first-order valence-corrected chi connectivity index (χ1v) is 14.7. The Bertz CT molecular complexity index is 2050. The summed E-state index contributed by atoms with van der Waals surface area (Å²) in [7, 11) is 0. The summed E-state index contributed by atoms with van der Waals surface area (Å²) in [4.78, 5) is 2.45. The minimum absolute atomic E-state index is 0.0970. The number of hydrogen-bond acceptors (Lipinski definition) is 1. The molecule has 1 aliphatic rings. The van der Waals surface area contributed by atoms with Crippen molar-refractivity contribution in [1.82, 2.24) is 0 Å². The largest absolute Gasteiger partial charge is 0.309 e. The van der Waals surface area contributed by atoms with Crippen LogP contribution in [0.1, 0.15) is 25.0 Å². The molecule has 0 aliphatic heterocycles. The molecule has 42 heavy (non-hydrogen) atoms. The Morgan fingerprint density at radius 3 is 1.64 bits per heavy atom. The van der Waals surface area contributed by atoms with Gasteiger partial charge in [-0.1, -0.05) is 129 Å². The van der Waals surface area contributed by atoms with Gasteiger partial charge in [0, 0.05) is 27.6 Å². The molecule has 7 aromatic rings. The van der Waals surface area contributed by atoms with Gasteiger partial charge in [0.1, 0.15) is 0 Å². The van der Waals surface area contributed by atoms with Crippen LogP contribution in [0, 0.1) is 0 Å². The third-order valence-electron chi connectivity index (χ3n) is 9.01. The van der Waals surface area contributed by atoms with Gasteiger partial charge in [-0.3, -0.25) is 0 Å². The molecule has 7 aromatic carbocycles. The number of fused-ring (bicyclic) bond motifs is 5. The van der Waals surface area contributed by atoms with Gasteiger partial charge in [-0.15, -0.1) is 0 Å². The van der Waals surface area contributed by atoms with Gasteiger partial charge in [-0.25, -0.2) is 0 Å². The molecule has 0 heterocycles. The van der Waals surface area contributed by atoms with Crippen molar-refractivity contribution in [1.29, 1.82) is 0 Å². The lowest BCUT2D eigenvalue weighted by atomic mass is 9.80. The lowest BCUT2D eigenvalue weighted by molar-refractivity contribution is 0.661. The average Bonchev–Trinajstić information content (AvgIpc) is 3.27. The van der Waals surface area contributed by atoms with E-state index in [9.17, 15) is 0 Å². The Kier molecular flexibility index (Phi) is 5.55. The highest BCUT2D eigenvalue weighted by atomic mass is 15.1. The first kappa shape index (κ1) is 24.6. The Hall–Kier alpha value is -5.14. The number of nitrogens with zero attached hydrogens (tertiary/aromatic N) is 1. The molecule has 1 heteroatoms. The van der Waals surface area contributed by atoms with Gasteiger partial charge < -0.3 is 4.90 Å². The molecular weight excluding hydrogens is 506 g/mol. The van der Waals surface area contributed by atoms with Crippen LogP contribution in [0.5, 0.6) is 0 Å². The van der Waals surface area contributed by atoms with Gasteiger partial charge in [-0.05, 0) is 80.6 Å². The first-order valence-electron chi connectivity index (χ1n) is 14.7. The lowest BCUT2D eigenvalue weighted by Gasteiger charge is -2.30. The summed E-state index contributed by atoms with van der Waals surface area (Å²) in [5, 5.41) is 5.04. The third kappa shape index (κ3) is 3.63. The maximum atomic E-state index is 2.50. The van der Waals surface area contributed by atoms with Crippen LogP contribution in [0.3, 0.4) is 0 Å². The van der Waals surface area contributed by atoms with E-state index in [-0.39, 0.29) is 5.41 Å². The molecule has 1 nitrogen and oxygen atoms in total. The Morgan fingerprint density at radius 1 is 0.429 bits per heavy atom. The maximum absolute atomic E-state index is 2.50. The molecule has 8 rings (SSSR count). The highest BCUT2D eigenvalue weighted by Gasteiger charge is 2.36. The molecule has 1 aliphatic carbocycles. The SMILES string of the molecule is CC1(C)c2ccccc2-c2cc3c(-c4ccccc4)c4ccccc4c(N(c4ccccc4)c4ccccc4)c3cc21. The standard InChI is InChI=1S/C41H31N/c1-41(2)37-25-15-14-22-31(37)34-26-35-36(27-38(34)41)40(42(29-18-8-4-9-19-29)30-20-10-5-11-21-30)33-24-13-12-23-32(33)39(35)28-16-6-3-7-17-28/h3-27H,1-2H3. The second-order valence-corrected chi connectivity index (χ2v) is 11.8. The van der Waals surface area contributed by atoms with E-state index in [1.165, 1.54) is 60.6 Å². The van der Waals surface area contributed by atoms with Crippen LogP contribution in [0.15, 0.2) is 152 Å². The molecule has 200 valence electrons. The second-order valence-electron chi connectivity index (χ2n) is 11.8. The minimum Gasteiger partial charge on any atom is -0.309 e. The molecule has 0 radical (unpaired) electrons. The fraction of sp³-hybridized carbons (Fsp3) is 0.0732. The smallest absolute Gasteiger partial charge is 0.0618 e. The summed E-state index contributed by atoms with van der Waals surface area (Å²) < 4.78 is 0. The van der Waals surface area contributed by atoms with E-state index in [2.05, 4.69) is 170 Å². The Balaban J connectivity index is 1.59.